The highest BCUT2D eigenvalue weighted by Gasteiger charge is 2.11. The Morgan fingerprint density at radius 2 is 2.12 bits per heavy atom. The molecule has 0 radical (unpaired) electrons. The van der Waals surface area contributed by atoms with Gasteiger partial charge in [0.05, 0.1) is 5.69 Å². The lowest BCUT2D eigenvalue weighted by Crippen LogP contribution is -2.05. The lowest BCUT2D eigenvalue weighted by molar-refractivity contribution is 0.798. The van der Waals surface area contributed by atoms with E-state index in [1.165, 1.54) is 16.7 Å². The topological polar surface area (TPSA) is 24.9 Å². The molecule has 0 spiro atoms. The van der Waals surface area contributed by atoms with Crippen molar-refractivity contribution in [2.75, 3.05) is 7.05 Å². The van der Waals surface area contributed by atoms with Gasteiger partial charge in [0.25, 0.3) is 0 Å². The number of benzene rings is 1. The average molecular weight is 267 g/mol. The van der Waals surface area contributed by atoms with Crippen molar-refractivity contribution in [2.24, 2.45) is 0 Å². The number of rotatable bonds is 3. The monoisotopic (exact) mass is 266 g/mol. The fourth-order valence-corrected chi connectivity index (χ4v) is 3.01. The van der Waals surface area contributed by atoms with Gasteiger partial charge in [-0.1, -0.05) is 35.4 Å². The minimum absolute atomic E-state index is 0.709. The molecular formula is C13H15ClN2S. The van der Waals surface area contributed by atoms with Crippen molar-refractivity contribution < 1.29 is 0 Å². The van der Waals surface area contributed by atoms with Crippen molar-refractivity contribution in [3.63, 3.8) is 0 Å². The smallest absolute Gasteiger partial charge is 0.125 e. The second kappa shape index (κ2) is 5.17. The Kier molecular flexibility index (Phi) is 3.82. The number of aromatic nitrogens is 1. The highest BCUT2D eigenvalue weighted by Crippen LogP contribution is 2.33. The Bertz CT molecular complexity index is 534. The zero-order valence-electron chi connectivity index (χ0n) is 10.2. The number of nitrogens with zero attached hydrogens (tertiary/aromatic N) is 1. The molecule has 1 N–H and O–H groups in total. The van der Waals surface area contributed by atoms with Crippen LogP contribution in [-0.2, 0) is 6.54 Å². The maximum Gasteiger partial charge on any atom is 0.125 e. The Morgan fingerprint density at radius 1 is 1.35 bits per heavy atom. The summed E-state index contributed by atoms with van der Waals surface area (Å²) in [5.74, 6) is 0. The second-order valence-electron chi connectivity index (χ2n) is 4.09. The van der Waals surface area contributed by atoms with Gasteiger partial charge in [-0.15, -0.1) is 11.3 Å². The standard InChI is InChI=1S/C13H15ClN2S/c1-8-4-5-10(9(2)6-8)13-16-11(7-15-3)12(14)17-13/h4-6,15H,7H2,1-3H3. The molecule has 4 heteroatoms. The van der Waals surface area contributed by atoms with E-state index in [9.17, 15) is 0 Å². The van der Waals surface area contributed by atoms with Gasteiger partial charge in [-0.05, 0) is 26.5 Å². The van der Waals surface area contributed by atoms with Gasteiger partial charge in [-0.3, -0.25) is 0 Å². The summed E-state index contributed by atoms with van der Waals surface area (Å²) in [4.78, 5) is 4.58. The summed E-state index contributed by atoms with van der Waals surface area (Å²) in [5, 5.41) is 4.07. The molecule has 1 aromatic heterocycles. The number of aryl methyl sites for hydroxylation is 2. The summed E-state index contributed by atoms with van der Waals surface area (Å²) in [6.45, 7) is 4.91. The van der Waals surface area contributed by atoms with Crippen LogP contribution in [0.1, 0.15) is 16.8 Å². The molecule has 1 aromatic carbocycles. The molecule has 0 unspecified atom stereocenters. The molecule has 17 heavy (non-hydrogen) atoms. The lowest BCUT2D eigenvalue weighted by atomic mass is 10.1. The number of thiazole rings is 1. The lowest BCUT2D eigenvalue weighted by Gasteiger charge is -2.02. The average Bonchev–Trinajstić information content (AvgIpc) is 2.60. The highest BCUT2D eigenvalue weighted by atomic mass is 35.5. The first-order valence-corrected chi connectivity index (χ1v) is 6.68. The Balaban J connectivity index is 2.42. The van der Waals surface area contributed by atoms with Crippen molar-refractivity contribution in [2.45, 2.75) is 20.4 Å². The van der Waals surface area contributed by atoms with E-state index in [1.807, 2.05) is 7.05 Å². The van der Waals surface area contributed by atoms with Crippen LogP contribution in [0, 0.1) is 13.8 Å². The minimum atomic E-state index is 0.709. The summed E-state index contributed by atoms with van der Waals surface area (Å²) < 4.78 is 0.773. The van der Waals surface area contributed by atoms with Crippen molar-refractivity contribution in [1.29, 1.82) is 0 Å². The van der Waals surface area contributed by atoms with Crippen molar-refractivity contribution >= 4 is 22.9 Å². The van der Waals surface area contributed by atoms with Gasteiger partial charge >= 0.3 is 0 Å². The summed E-state index contributed by atoms with van der Waals surface area (Å²) in [6.07, 6.45) is 0. The van der Waals surface area contributed by atoms with E-state index < -0.39 is 0 Å². The Hall–Kier alpha value is -0.900. The molecular weight excluding hydrogens is 252 g/mol. The van der Waals surface area contributed by atoms with Gasteiger partial charge in [0.15, 0.2) is 0 Å². The van der Waals surface area contributed by atoms with Gasteiger partial charge in [0.1, 0.15) is 9.34 Å². The van der Waals surface area contributed by atoms with Gasteiger partial charge in [-0.25, -0.2) is 4.98 Å². The first-order valence-electron chi connectivity index (χ1n) is 5.49. The van der Waals surface area contributed by atoms with Crippen LogP contribution in [0.25, 0.3) is 10.6 Å². The van der Waals surface area contributed by atoms with Crippen LogP contribution in [0.4, 0.5) is 0 Å². The number of halogens is 1. The predicted octanol–water partition coefficient (Wildman–Crippen LogP) is 3.80. The van der Waals surface area contributed by atoms with Crippen LogP contribution in [0.15, 0.2) is 18.2 Å². The molecule has 0 aliphatic rings. The fraction of sp³-hybridized carbons (Fsp3) is 0.308. The maximum atomic E-state index is 6.17. The highest BCUT2D eigenvalue weighted by molar-refractivity contribution is 7.19. The quantitative estimate of drug-likeness (QED) is 0.914. The first kappa shape index (κ1) is 12.6. The minimum Gasteiger partial charge on any atom is -0.314 e. The van der Waals surface area contributed by atoms with Gasteiger partial charge in [0, 0.05) is 12.1 Å². The SMILES string of the molecule is CNCc1nc(-c2ccc(C)cc2C)sc1Cl. The van der Waals surface area contributed by atoms with E-state index in [0.717, 1.165) is 15.0 Å². The Morgan fingerprint density at radius 3 is 2.76 bits per heavy atom. The maximum absolute atomic E-state index is 6.17. The van der Waals surface area contributed by atoms with Crippen LogP contribution < -0.4 is 5.32 Å². The summed E-state index contributed by atoms with van der Waals surface area (Å²) >= 11 is 7.71. The van der Waals surface area contributed by atoms with Gasteiger partial charge in [-0.2, -0.15) is 0 Å². The molecule has 0 fully saturated rings. The molecule has 90 valence electrons. The molecule has 0 saturated heterocycles. The van der Waals surface area contributed by atoms with Crippen LogP contribution in [0.2, 0.25) is 4.34 Å². The third kappa shape index (κ3) is 2.68. The first-order chi connectivity index (χ1) is 8.11. The normalized spacial score (nSPS) is 10.8. The summed E-state index contributed by atoms with van der Waals surface area (Å²) in [6, 6.07) is 6.39. The van der Waals surface area contributed by atoms with E-state index in [1.54, 1.807) is 11.3 Å². The van der Waals surface area contributed by atoms with E-state index in [0.29, 0.717) is 6.54 Å². The molecule has 0 bridgehead atoms. The van der Waals surface area contributed by atoms with Crippen LogP contribution in [-0.4, -0.2) is 12.0 Å². The molecule has 0 atom stereocenters. The van der Waals surface area contributed by atoms with Gasteiger partial charge < -0.3 is 5.32 Å². The molecule has 2 nitrogen and oxygen atoms in total. The second-order valence-corrected chi connectivity index (χ2v) is 5.69. The third-order valence-corrected chi connectivity index (χ3v) is 3.98. The zero-order valence-corrected chi connectivity index (χ0v) is 11.7. The van der Waals surface area contributed by atoms with Crippen molar-refractivity contribution in [3.05, 3.63) is 39.4 Å². The molecule has 2 aromatic rings. The van der Waals surface area contributed by atoms with E-state index >= 15 is 0 Å². The van der Waals surface area contributed by atoms with E-state index in [4.69, 9.17) is 11.6 Å². The van der Waals surface area contributed by atoms with E-state index in [2.05, 4.69) is 42.3 Å². The largest absolute Gasteiger partial charge is 0.314 e. The number of hydrogen-bond donors (Lipinski definition) is 1. The van der Waals surface area contributed by atoms with Crippen LogP contribution >= 0.6 is 22.9 Å². The predicted molar refractivity (Wildman–Crippen MR) is 74.8 cm³/mol. The van der Waals surface area contributed by atoms with Gasteiger partial charge in [0.2, 0.25) is 0 Å². The molecule has 0 aliphatic heterocycles. The summed E-state index contributed by atoms with van der Waals surface area (Å²) in [7, 11) is 1.90. The van der Waals surface area contributed by atoms with Crippen molar-refractivity contribution in [1.82, 2.24) is 10.3 Å². The molecule has 0 amide bonds. The fourth-order valence-electron chi connectivity index (χ4n) is 1.78. The third-order valence-electron chi connectivity index (χ3n) is 2.61. The van der Waals surface area contributed by atoms with Crippen LogP contribution in [0.3, 0.4) is 0 Å². The zero-order chi connectivity index (χ0) is 12.4. The van der Waals surface area contributed by atoms with E-state index in [-0.39, 0.29) is 0 Å². The van der Waals surface area contributed by atoms with Crippen molar-refractivity contribution in [3.8, 4) is 10.6 Å². The molecule has 1 heterocycles. The Labute approximate surface area is 111 Å². The number of nitrogens with one attached hydrogen (secondary N) is 1. The van der Waals surface area contributed by atoms with Crippen LogP contribution in [0.5, 0.6) is 0 Å². The summed E-state index contributed by atoms with van der Waals surface area (Å²) in [5.41, 5.74) is 4.61. The molecule has 0 saturated carbocycles. The molecule has 2 rings (SSSR count). The number of hydrogen-bond acceptors (Lipinski definition) is 3. The molecule has 0 aliphatic carbocycles.